The van der Waals surface area contributed by atoms with Gasteiger partial charge in [0.1, 0.15) is 5.76 Å². The number of aliphatic hydroxyl groups excluding tert-OH is 1. The molecule has 1 aliphatic rings. The van der Waals surface area contributed by atoms with E-state index < -0.39 is 0 Å². The number of nitrogens with one attached hydrogen (secondary N) is 1. The largest absolute Gasteiger partial charge is 0.396 e. The van der Waals surface area contributed by atoms with E-state index in [1.54, 1.807) is 13.0 Å². The second-order valence-corrected chi connectivity index (χ2v) is 6.60. The molecule has 0 saturated carbocycles. The minimum Gasteiger partial charge on any atom is -0.396 e. The van der Waals surface area contributed by atoms with E-state index in [1.807, 2.05) is 29.2 Å². The molecule has 2 heterocycles. The third-order valence-electron chi connectivity index (χ3n) is 4.31. The first-order valence-corrected chi connectivity index (χ1v) is 8.25. The van der Waals surface area contributed by atoms with Gasteiger partial charge in [0.05, 0.1) is 6.54 Å². The Morgan fingerprint density at radius 2 is 2.17 bits per heavy atom. The number of nitrogens with zero attached hydrogens (tertiary/aromatic N) is 2. The summed E-state index contributed by atoms with van der Waals surface area (Å²) in [5, 5.41) is 16.8. The van der Waals surface area contributed by atoms with E-state index in [0.29, 0.717) is 23.1 Å². The van der Waals surface area contributed by atoms with Crippen molar-refractivity contribution in [2.75, 3.05) is 31.6 Å². The Labute approximate surface area is 145 Å². The molecular weight excluding hydrogens is 330 g/mol. The van der Waals surface area contributed by atoms with Crippen molar-refractivity contribution in [1.29, 1.82) is 0 Å². The standard InChI is InChI=1S/C17H20ClN3O3/c1-11-6-16(20-24-11)19-17(23)9-21-7-13(10-22)15(8-21)12-2-4-14(18)5-3-12/h2-6,13,15,22H,7-10H2,1H3,(H,19,20,23)/t13-,15-/m0/s1. The van der Waals surface area contributed by atoms with E-state index in [0.717, 1.165) is 12.1 Å². The number of aryl methyl sites for hydroxylation is 1. The van der Waals surface area contributed by atoms with Crippen LogP contribution in [-0.2, 0) is 4.79 Å². The average molecular weight is 350 g/mol. The number of rotatable bonds is 5. The van der Waals surface area contributed by atoms with Gasteiger partial charge in [-0.3, -0.25) is 9.69 Å². The highest BCUT2D eigenvalue weighted by molar-refractivity contribution is 6.30. The zero-order chi connectivity index (χ0) is 17.1. The van der Waals surface area contributed by atoms with Crippen LogP contribution in [0.4, 0.5) is 5.82 Å². The van der Waals surface area contributed by atoms with Crippen LogP contribution in [0.15, 0.2) is 34.9 Å². The molecule has 2 aromatic rings. The fourth-order valence-corrected chi connectivity index (χ4v) is 3.30. The van der Waals surface area contributed by atoms with Crippen molar-refractivity contribution in [3.63, 3.8) is 0 Å². The molecule has 0 bridgehead atoms. The van der Waals surface area contributed by atoms with Gasteiger partial charge in [-0.2, -0.15) is 0 Å². The number of aromatic nitrogens is 1. The molecule has 2 N–H and O–H groups in total. The zero-order valence-corrected chi connectivity index (χ0v) is 14.2. The number of hydrogen-bond acceptors (Lipinski definition) is 5. The van der Waals surface area contributed by atoms with Gasteiger partial charge in [0.2, 0.25) is 5.91 Å². The lowest BCUT2D eigenvalue weighted by Crippen LogP contribution is -2.32. The monoisotopic (exact) mass is 349 g/mol. The predicted molar refractivity (Wildman–Crippen MR) is 91.1 cm³/mol. The number of aliphatic hydroxyl groups is 1. The van der Waals surface area contributed by atoms with Gasteiger partial charge in [0.15, 0.2) is 5.82 Å². The quantitative estimate of drug-likeness (QED) is 0.865. The molecule has 6 nitrogen and oxygen atoms in total. The Hall–Kier alpha value is -1.89. The first-order valence-electron chi connectivity index (χ1n) is 7.87. The molecule has 0 spiro atoms. The van der Waals surface area contributed by atoms with Gasteiger partial charge >= 0.3 is 0 Å². The average Bonchev–Trinajstić information content (AvgIpc) is 3.14. The Balaban J connectivity index is 1.61. The molecule has 7 heteroatoms. The lowest BCUT2D eigenvalue weighted by molar-refractivity contribution is -0.117. The second kappa shape index (κ2) is 7.34. The first kappa shape index (κ1) is 17.0. The van der Waals surface area contributed by atoms with Crippen molar-refractivity contribution in [2.24, 2.45) is 5.92 Å². The Morgan fingerprint density at radius 1 is 1.42 bits per heavy atom. The molecule has 1 saturated heterocycles. The maximum atomic E-state index is 12.1. The summed E-state index contributed by atoms with van der Waals surface area (Å²) in [6.07, 6.45) is 0. The summed E-state index contributed by atoms with van der Waals surface area (Å²) in [4.78, 5) is 14.2. The van der Waals surface area contributed by atoms with Gasteiger partial charge < -0.3 is 14.9 Å². The van der Waals surface area contributed by atoms with Gasteiger partial charge in [0, 0.05) is 42.6 Å². The van der Waals surface area contributed by atoms with E-state index in [-0.39, 0.29) is 30.9 Å². The number of carbonyl (C=O) groups is 1. The summed E-state index contributed by atoms with van der Waals surface area (Å²) in [6, 6.07) is 9.35. The smallest absolute Gasteiger partial charge is 0.239 e. The highest BCUT2D eigenvalue weighted by Gasteiger charge is 2.34. The molecule has 0 unspecified atom stereocenters. The number of carbonyl (C=O) groups excluding carboxylic acids is 1. The topological polar surface area (TPSA) is 78.6 Å². The van der Waals surface area contributed by atoms with E-state index in [9.17, 15) is 9.90 Å². The predicted octanol–water partition coefficient (Wildman–Crippen LogP) is 2.28. The SMILES string of the molecule is Cc1cc(NC(=O)CN2C[C@@H](CO)[C@H](c3ccc(Cl)cc3)C2)no1. The molecule has 1 aliphatic heterocycles. The van der Waals surface area contributed by atoms with E-state index in [1.165, 1.54) is 0 Å². The molecule has 0 aliphatic carbocycles. The molecule has 24 heavy (non-hydrogen) atoms. The summed E-state index contributed by atoms with van der Waals surface area (Å²) in [7, 11) is 0. The molecule has 3 rings (SSSR count). The molecule has 128 valence electrons. The summed E-state index contributed by atoms with van der Waals surface area (Å²) in [5.41, 5.74) is 1.13. The fourth-order valence-electron chi connectivity index (χ4n) is 3.17. The lowest BCUT2D eigenvalue weighted by atomic mass is 9.90. The van der Waals surface area contributed by atoms with Crippen LogP contribution in [0.2, 0.25) is 5.02 Å². The van der Waals surface area contributed by atoms with Crippen molar-refractivity contribution in [3.05, 3.63) is 46.7 Å². The number of amides is 1. The lowest BCUT2D eigenvalue weighted by Gasteiger charge is -2.16. The summed E-state index contributed by atoms with van der Waals surface area (Å²) in [6.45, 7) is 3.51. The number of halogens is 1. The van der Waals surface area contributed by atoms with E-state index in [2.05, 4.69) is 10.5 Å². The van der Waals surface area contributed by atoms with Crippen LogP contribution in [0.25, 0.3) is 0 Å². The van der Waals surface area contributed by atoms with Gasteiger partial charge in [-0.05, 0) is 24.6 Å². The number of benzene rings is 1. The molecule has 1 aromatic carbocycles. The van der Waals surface area contributed by atoms with Crippen LogP contribution in [0.5, 0.6) is 0 Å². The molecule has 0 radical (unpaired) electrons. The summed E-state index contributed by atoms with van der Waals surface area (Å²) in [5.74, 6) is 1.22. The zero-order valence-electron chi connectivity index (χ0n) is 13.4. The number of anilines is 1. The third kappa shape index (κ3) is 3.95. The normalized spacial score (nSPS) is 21.1. The first-order chi connectivity index (χ1) is 11.5. The molecule has 1 fully saturated rings. The van der Waals surface area contributed by atoms with Gasteiger partial charge in [0.25, 0.3) is 0 Å². The van der Waals surface area contributed by atoms with E-state index >= 15 is 0 Å². The highest BCUT2D eigenvalue weighted by atomic mass is 35.5. The second-order valence-electron chi connectivity index (χ2n) is 6.17. The van der Waals surface area contributed by atoms with Gasteiger partial charge in [-0.1, -0.05) is 28.9 Å². The van der Waals surface area contributed by atoms with Crippen molar-refractivity contribution >= 4 is 23.3 Å². The fraction of sp³-hybridized carbons (Fsp3) is 0.412. The van der Waals surface area contributed by atoms with Crippen LogP contribution >= 0.6 is 11.6 Å². The molecule has 1 amide bonds. The van der Waals surface area contributed by atoms with Crippen LogP contribution in [0, 0.1) is 12.8 Å². The van der Waals surface area contributed by atoms with Crippen molar-refractivity contribution in [1.82, 2.24) is 10.1 Å². The van der Waals surface area contributed by atoms with Crippen LogP contribution in [-0.4, -0.2) is 47.3 Å². The van der Waals surface area contributed by atoms with Gasteiger partial charge in [-0.15, -0.1) is 0 Å². The maximum absolute atomic E-state index is 12.1. The number of likely N-dealkylation sites (tertiary alicyclic amines) is 1. The Morgan fingerprint density at radius 3 is 2.79 bits per heavy atom. The van der Waals surface area contributed by atoms with Crippen LogP contribution in [0.3, 0.4) is 0 Å². The maximum Gasteiger partial charge on any atom is 0.239 e. The molecular formula is C17H20ClN3O3. The Bertz CT molecular complexity index is 701. The van der Waals surface area contributed by atoms with Crippen LogP contribution < -0.4 is 5.32 Å². The van der Waals surface area contributed by atoms with Crippen molar-refractivity contribution < 1.29 is 14.4 Å². The van der Waals surface area contributed by atoms with Crippen molar-refractivity contribution in [2.45, 2.75) is 12.8 Å². The third-order valence-corrected chi connectivity index (χ3v) is 4.56. The minimum atomic E-state index is -0.142. The molecule has 2 atom stereocenters. The summed E-state index contributed by atoms with van der Waals surface area (Å²) >= 11 is 5.94. The minimum absolute atomic E-state index is 0.0912. The number of hydrogen-bond donors (Lipinski definition) is 2. The summed E-state index contributed by atoms with van der Waals surface area (Å²) < 4.78 is 4.93. The highest BCUT2D eigenvalue weighted by Crippen LogP contribution is 2.32. The van der Waals surface area contributed by atoms with Crippen molar-refractivity contribution in [3.8, 4) is 0 Å². The van der Waals surface area contributed by atoms with E-state index in [4.69, 9.17) is 16.1 Å². The van der Waals surface area contributed by atoms with Crippen LogP contribution in [0.1, 0.15) is 17.2 Å². The molecule has 1 aromatic heterocycles. The van der Waals surface area contributed by atoms with Gasteiger partial charge in [-0.25, -0.2) is 0 Å². The Kier molecular flexibility index (Phi) is 5.18.